The van der Waals surface area contributed by atoms with Crippen LogP contribution in [0.25, 0.3) is 0 Å². The molecular formula is C29H38N2O3. The number of aryl methyl sites for hydroxylation is 1. The fourth-order valence-electron chi connectivity index (χ4n) is 5.92. The van der Waals surface area contributed by atoms with Crippen LogP contribution >= 0.6 is 0 Å². The molecule has 0 aliphatic carbocycles. The third-order valence-electron chi connectivity index (χ3n) is 7.92. The van der Waals surface area contributed by atoms with Gasteiger partial charge < -0.3 is 19.7 Å². The fourth-order valence-corrected chi connectivity index (χ4v) is 5.92. The third kappa shape index (κ3) is 6.00. The molecule has 3 aliphatic rings. The zero-order valence-corrected chi connectivity index (χ0v) is 20.2. The monoisotopic (exact) mass is 462 g/mol. The van der Waals surface area contributed by atoms with Crippen molar-refractivity contribution in [2.24, 2.45) is 11.8 Å². The third-order valence-corrected chi connectivity index (χ3v) is 7.92. The molecule has 34 heavy (non-hydrogen) atoms. The zero-order chi connectivity index (χ0) is 23.2. The van der Waals surface area contributed by atoms with Gasteiger partial charge in [-0.1, -0.05) is 36.4 Å². The summed E-state index contributed by atoms with van der Waals surface area (Å²) in [6, 6.07) is 17.1. The average Bonchev–Trinajstić information content (AvgIpc) is 2.87. The van der Waals surface area contributed by atoms with Crippen LogP contribution in [0.2, 0.25) is 0 Å². The second-order valence-electron chi connectivity index (χ2n) is 10.2. The van der Waals surface area contributed by atoms with Crippen LogP contribution in [0.4, 0.5) is 5.69 Å². The average molecular weight is 463 g/mol. The van der Waals surface area contributed by atoms with Crippen LogP contribution in [0.3, 0.4) is 0 Å². The molecule has 2 aromatic carbocycles. The first-order valence-electron chi connectivity index (χ1n) is 13.2. The standard InChI is InChI=1S/C29H38N2O3/c32-29-20-25-10-15-31(14-4-7-22-5-2-1-3-6-22)21-26(25)13-18-34-28-9-8-24(19-27(28)30-29)23-11-16-33-17-12-23/h1-3,5-6,8-9,19,23,25-26H,4,7,10-18,20-21H2,(H,30,32)/t25-,26-/m0/s1. The van der Waals surface area contributed by atoms with Crippen molar-refractivity contribution in [2.45, 2.75) is 50.9 Å². The molecule has 1 amide bonds. The quantitative estimate of drug-likeness (QED) is 0.658. The second kappa shape index (κ2) is 11.4. The number of carbonyl (C=O) groups is 1. The minimum absolute atomic E-state index is 0.128. The maximum atomic E-state index is 13.0. The van der Waals surface area contributed by atoms with Gasteiger partial charge in [0, 0.05) is 26.2 Å². The van der Waals surface area contributed by atoms with E-state index in [2.05, 4.69) is 58.7 Å². The minimum atomic E-state index is 0.128. The molecule has 182 valence electrons. The molecule has 0 aromatic heterocycles. The highest BCUT2D eigenvalue weighted by Crippen LogP contribution is 2.36. The van der Waals surface area contributed by atoms with Gasteiger partial charge in [-0.3, -0.25) is 4.79 Å². The highest BCUT2D eigenvalue weighted by Gasteiger charge is 2.31. The molecule has 0 saturated carbocycles. The van der Waals surface area contributed by atoms with E-state index in [-0.39, 0.29) is 5.91 Å². The van der Waals surface area contributed by atoms with Gasteiger partial charge >= 0.3 is 0 Å². The lowest BCUT2D eigenvalue weighted by atomic mass is 9.81. The Morgan fingerprint density at radius 1 is 0.941 bits per heavy atom. The van der Waals surface area contributed by atoms with Crippen LogP contribution in [-0.2, 0) is 16.0 Å². The number of likely N-dealkylation sites (tertiary alicyclic amines) is 1. The fraction of sp³-hybridized carbons (Fsp3) is 0.552. The van der Waals surface area contributed by atoms with Crippen molar-refractivity contribution in [3.05, 3.63) is 59.7 Å². The van der Waals surface area contributed by atoms with E-state index in [0.717, 1.165) is 76.4 Å². The van der Waals surface area contributed by atoms with Crippen LogP contribution in [-0.4, -0.2) is 50.3 Å². The van der Waals surface area contributed by atoms with E-state index >= 15 is 0 Å². The van der Waals surface area contributed by atoms with Crippen molar-refractivity contribution in [2.75, 3.05) is 44.8 Å². The molecule has 5 rings (SSSR count). The van der Waals surface area contributed by atoms with E-state index < -0.39 is 0 Å². The highest BCUT2D eigenvalue weighted by atomic mass is 16.5. The molecule has 2 saturated heterocycles. The van der Waals surface area contributed by atoms with Crippen LogP contribution in [0, 0.1) is 11.8 Å². The van der Waals surface area contributed by atoms with Gasteiger partial charge in [-0.05, 0) is 92.6 Å². The van der Waals surface area contributed by atoms with Crippen molar-refractivity contribution in [3.8, 4) is 5.75 Å². The van der Waals surface area contributed by atoms with Crippen LogP contribution in [0.5, 0.6) is 5.75 Å². The summed E-state index contributed by atoms with van der Waals surface area (Å²) in [5.41, 5.74) is 3.54. The number of carbonyl (C=O) groups excluding carboxylic acids is 1. The summed E-state index contributed by atoms with van der Waals surface area (Å²) >= 11 is 0. The van der Waals surface area contributed by atoms with Gasteiger partial charge in [0.25, 0.3) is 0 Å². The second-order valence-corrected chi connectivity index (χ2v) is 10.2. The Kier molecular flexibility index (Phi) is 7.82. The predicted molar refractivity (Wildman–Crippen MR) is 135 cm³/mol. The Bertz CT molecular complexity index is 942. The molecule has 2 atom stereocenters. The summed E-state index contributed by atoms with van der Waals surface area (Å²) in [6.45, 7) is 5.63. The molecule has 5 nitrogen and oxygen atoms in total. The maximum Gasteiger partial charge on any atom is 0.224 e. The number of benzene rings is 2. The molecule has 0 radical (unpaired) electrons. The number of amides is 1. The number of piperidine rings is 1. The summed E-state index contributed by atoms with van der Waals surface area (Å²) in [7, 11) is 0. The normalized spacial score (nSPS) is 24.4. The van der Waals surface area contributed by atoms with Crippen molar-refractivity contribution in [1.29, 1.82) is 0 Å². The number of nitrogens with zero attached hydrogens (tertiary/aromatic N) is 1. The molecule has 3 aliphatic heterocycles. The van der Waals surface area contributed by atoms with Gasteiger partial charge in [-0.15, -0.1) is 0 Å². The smallest absolute Gasteiger partial charge is 0.224 e. The number of hydrogen-bond donors (Lipinski definition) is 1. The summed E-state index contributed by atoms with van der Waals surface area (Å²) in [5.74, 6) is 2.39. The molecule has 0 bridgehead atoms. The number of fused-ring (bicyclic) bond motifs is 2. The van der Waals surface area contributed by atoms with Gasteiger partial charge in [0.2, 0.25) is 5.91 Å². The summed E-state index contributed by atoms with van der Waals surface area (Å²) in [6.07, 6.45) is 7.11. The molecule has 2 fully saturated rings. The van der Waals surface area contributed by atoms with Gasteiger partial charge in [-0.25, -0.2) is 0 Å². The summed E-state index contributed by atoms with van der Waals surface area (Å²) < 4.78 is 11.7. The van der Waals surface area contributed by atoms with Gasteiger partial charge in [-0.2, -0.15) is 0 Å². The molecular weight excluding hydrogens is 424 g/mol. The Labute approximate surface area is 203 Å². The van der Waals surface area contributed by atoms with Crippen LogP contribution in [0.15, 0.2) is 48.5 Å². The molecule has 0 spiro atoms. The number of hydrogen-bond acceptors (Lipinski definition) is 4. The molecule has 3 heterocycles. The number of ether oxygens (including phenoxy) is 2. The highest BCUT2D eigenvalue weighted by molar-refractivity contribution is 5.92. The summed E-state index contributed by atoms with van der Waals surface area (Å²) in [4.78, 5) is 15.6. The minimum Gasteiger partial charge on any atom is -0.491 e. The zero-order valence-electron chi connectivity index (χ0n) is 20.2. The predicted octanol–water partition coefficient (Wildman–Crippen LogP) is 5.26. The Morgan fingerprint density at radius 3 is 2.65 bits per heavy atom. The van der Waals surface area contributed by atoms with Gasteiger partial charge in [0.05, 0.1) is 12.3 Å². The SMILES string of the molecule is O=C1C[C@@H]2CCN(CCCc3ccccc3)C[C@@H]2CCOc2ccc(C3CCOCC3)cc2N1. The van der Waals surface area contributed by atoms with E-state index in [9.17, 15) is 4.79 Å². The summed E-state index contributed by atoms with van der Waals surface area (Å²) in [5, 5.41) is 3.20. The van der Waals surface area contributed by atoms with Crippen molar-refractivity contribution >= 4 is 11.6 Å². The molecule has 2 aromatic rings. The Balaban J connectivity index is 1.19. The first kappa shape index (κ1) is 23.4. The first-order valence-corrected chi connectivity index (χ1v) is 13.2. The molecule has 0 unspecified atom stereocenters. The van der Waals surface area contributed by atoms with Crippen molar-refractivity contribution in [1.82, 2.24) is 4.90 Å². The van der Waals surface area contributed by atoms with Gasteiger partial charge in [0.1, 0.15) is 5.75 Å². The van der Waals surface area contributed by atoms with Crippen LogP contribution < -0.4 is 10.1 Å². The van der Waals surface area contributed by atoms with E-state index in [1.165, 1.54) is 17.5 Å². The number of anilines is 1. The van der Waals surface area contributed by atoms with E-state index in [1.54, 1.807) is 0 Å². The van der Waals surface area contributed by atoms with E-state index in [0.29, 0.717) is 30.8 Å². The van der Waals surface area contributed by atoms with Crippen LogP contribution in [0.1, 0.15) is 55.6 Å². The lowest BCUT2D eigenvalue weighted by molar-refractivity contribution is -0.118. The lowest BCUT2D eigenvalue weighted by Gasteiger charge is -2.39. The number of nitrogens with one attached hydrogen (secondary N) is 1. The first-order chi connectivity index (χ1) is 16.7. The van der Waals surface area contributed by atoms with Crippen molar-refractivity contribution in [3.63, 3.8) is 0 Å². The van der Waals surface area contributed by atoms with E-state index in [4.69, 9.17) is 9.47 Å². The maximum absolute atomic E-state index is 13.0. The van der Waals surface area contributed by atoms with E-state index in [1.807, 2.05) is 0 Å². The lowest BCUT2D eigenvalue weighted by Crippen LogP contribution is -2.42. The van der Waals surface area contributed by atoms with Crippen molar-refractivity contribution < 1.29 is 14.3 Å². The topological polar surface area (TPSA) is 50.8 Å². The largest absolute Gasteiger partial charge is 0.491 e. The Hall–Kier alpha value is -2.37. The van der Waals surface area contributed by atoms with Gasteiger partial charge in [0.15, 0.2) is 0 Å². The molecule has 5 heteroatoms. The molecule has 1 N–H and O–H groups in total. The number of rotatable bonds is 5. The Morgan fingerprint density at radius 2 is 1.79 bits per heavy atom.